The Hall–Kier alpha value is -4.13. The zero-order valence-corrected chi connectivity index (χ0v) is 18.3. The lowest BCUT2D eigenvalue weighted by molar-refractivity contribution is -0.129. The monoisotopic (exact) mass is 442 g/mol. The first-order chi connectivity index (χ1) is 15.4. The Morgan fingerprint density at radius 2 is 1.69 bits per heavy atom. The molecular formula is C22H26N4O6. The quantitative estimate of drug-likeness (QED) is 0.401. The Kier molecular flexibility index (Phi) is 8.53. The zero-order valence-electron chi connectivity index (χ0n) is 18.3. The van der Waals surface area contributed by atoms with Crippen molar-refractivity contribution in [2.24, 2.45) is 0 Å². The molecule has 0 saturated heterocycles. The summed E-state index contributed by atoms with van der Waals surface area (Å²) in [4.78, 5) is 26.5. The molecule has 10 nitrogen and oxygen atoms in total. The number of amides is 3. The van der Waals surface area contributed by atoms with Crippen LogP contribution in [0.3, 0.4) is 0 Å². The van der Waals surface area contributed by atoms with Crippen LogP contribution in [0.5, 0.6) is 23.0 Å². The summed E-state index contributed by atoms with van der Waals surface area (Å²) < 4.78 is 15.8. The molecule has 1 atom stereocenters. The third-order valence-electron chi connectivity index (χ3n) is 4.61. The number of aromatic hydroxyl groups is 1. The minimum Gasteiger partial charge on any atom is -0.508 e. The smallest absolute Gasteiger partial charge is 0.319 e. The van der Waals surface area contributed by atoms with Gasteiger partial charge in [-0.1, -0.05) is 12.1 Å². The third kappa shape index (κ3) is 5.95. The van der Waals surface area contributed by atoms with E-state index in [0.717, 1.165) is 4.90 Å². The van der Waals surface area contributed by atoms with Gasteiger partial charge in [-0.05, 0) is 24.6 Å². The van der Waals surface area contributed by atoms with Gasteiger partial charge in [0.05, 0.1) is 27.0 Å². The minimum atomic E-state index is -1.01. The van der Waals surface area contributed by atoms with Crippen molar-refractivity contribution in [1.29, 1.82) is 5.26 Å². The number of ether oxygens (including phenoxy) is 3. The third-order valence-corrected chi connectivity index (χ3v) is 4.61. The van der Waals surface area contributed by atoms with E-state index in [9.17, 15) is 20.0 Å². The predicted molar refractivity (Wildman–Crippen MR) is 117 cm³/mol. The number of hydrogen-bond donors (Lipinski definition) is 3. The van der Waals surface area contributed by atoms with Crippen molar-refractivity contribution >= 4 is 17.6 Å². The number of carbonyl (C=O) groups excluding carboxylic acids is 2. The second kappa shape index (κ2) is 11.3. The minimum absolute atomic E-state index is 0.0805. The van der Waals surface area contributed by atoms with Crippen molar-refractivity contribution in [3.05, 3.63) is 42.0 Å². The maximum Gasteiger partial charge on any atom is 0.319 e. The van der Waals surface area contributed by atoms with Gasteiger partial charge in [-0.2, -0.15) is 5.26 Å². The molecule has 0 spiro atoms. The standard InChI is InChI=1S/C22H26N4O6/c1-5-26(13-23)21(28)17(10-14-6-8-16(27)9-7-14)25-22(29)24-15-11-18(30-2)20(32-4)19(12-15)31-3/h6-9,11-12,17,27H,5,10H2,1-4H3,(H2,24,25,29). The van der Waals surface area contributed by atoms with Crippen LogP contribution in [-0.4, -0.2) is 55.9 Å². The fraction of sp³-hybridized carbons (Fsp3) is 0.318. The SMILES string of the molecule is CCN(C#N)C(=O)C(Cc1ccc(O)cc1)NC(=O)Nc1cc(OC)c(OC)c(OC)c1. The van der Waals surface area contributed by atoms with Crippen LogP contribution in [0.15, 0.2) is 36.4 Å². The van der Waals surface area contributed by atoms with E-state index in [1.54, 1.807) is 31.2 Å². The molecule has 0 fully saturated rings. The van der Waals surface area contributed by atoms with E-state index >= 15 is 0 Å². The van der Waals surface area contributed by atoms with Gasteiger partial charge in [-0.25, -0.2) is 9.69 Å². The molecule has 170 valence electrons. The topological polar surface area (TPSA) is 133 Å². The molecule has 0 bridgehead atoms. The molecule has 0 aliphatic rings. The fourth-order valence-corrected chi connectivity index (χ4v) is 3.01. The van der Waals surface area contributed by atoms with Crippen LogP contribution in [0.2, 0.25) is 0 Å². The van der Waals surface area contributed by atoms with Crippen LogP contribution in [0.1, 0.15) is 12.5 Å². The van der Waals surface area contributed by atoms with Gasteiger partial charge < -0.3 is 30.0 Å². The van der Waals surface area contributed by atoms with Crippen LogP contribution in [-0.2, 0) is 11.2 Å². The van der Waals surface area contributed by atoms with E-state index in [2.05, 4.69) is 10.6 Å². The van der Waals surface area contributed by atoms with Gasteiger partial charge in [-0.3, -0.25) is 4.79 Å². The van der Waals surface area contributed by atoms with Crippen molar-refractivity contribution in [2.75, 3.05) is 33.2 Å². The number of urea groups is 1. The maximum atomic E-state index is 12.8. The van der Waals surface area contributed by atoms with Crippen LogP contribution in [0.25, 0.3) is 0 Å². The summed E-state index contributed by atoms with van der Waals surface area (Å²) >= 11 is 0. The summed E-state index contributed by atoms with van der Waals surface area (Å²) in [5.41, 5.74) is 1.05. The first-order valence-corrected chi connectivity index (χ1v) is 9.73. The molecule has 2 rings (SSSR count). The Morgan fingerprint density at radius 1 is 1.09 bits per heavy atom. The number of benzene rings is 2. The van der Waals surface area contributed by atoms with Gasteiger partial charge in [0, 0.05) is 25.1 Å². The Morgan fingerprint density at radius 3 is 2.16 bits per heavy atom. The molecule has 0 radical (unpaired) electrons. The first kappa shape index (κ1) is 24.1. The molecule has 3 amide bonds. The summed E-state index contributed by atoms with van der Waals surface area (Å²) in [7, 11) is 4.37. The summed E-state index contributed by atoms with van der Waals surface area (Å²) in [6.45, 7) is 1.83. The second-order valence-corrected chi connectivity index (χ2v) is 6.62. The highest BCUT2D eigenvalue weighted by atomic mass is 16.5. The lowest BCUT2D eigenvalue weighted by Crippen LogP contribution is -2.49. The van der Waals surface area contributed by atoms with Crippen molar-refractivity contribution < 1.29 is 28.9 Å². The molecule has 2 aromatic carbocycles. The van der Waals surface area contributed by atoms with Crippen LogP contribution in [0.4, 0.5) is 10.5 Å². The van der Waals surface area contributed by atoms with E-state index < -0.39 is 18.0 Å². The molecule has 10 heteroatoms. The summed E-state index contributed by atoms with van der Waals surface area (Å²) in [6.07, 6.45) is 1.94. The van der Waals surface area contributed by atoms with E-state index in [1.807, 2.05) is 6.19 Å². The van der Waals surface area contributed by atoms with Crippen molar-refractivity contribution in [2.45, 2.75) is 19.4 Å². The van der Waals surface area contributed by atoms with Crippen LogP contribution < -0.4 is 24.8 Å². The average Bonchev–Trinajstić information content (AvgIpc) is 2.79. The largest absolute Gasteiger partial charge is 0.508 e. The number of nitrogens with zero attached hydrogens (tertiary/aromatic N) is 2. The Bertz CT molecular complexity index is 962. The number of methoxy groups -OCH3 is 3. The number of nitriles is 1. The molecule has 0 heterocycles. The second-order valence-electron chi connectivity index (χ2n) is 6.62. The van der Waals surface area contributed by atoms with E-state index in [4.69, 9.17) is 14.2 Å². The highest BCUT2D eigenvalue weighted by molar-refractivity contribution is 5.94. The molecule has 32 heavy (non-hydrogen) atoms. The fourth-order valence-electron chi connectivity index (χ4n) is 3.01. The zero-order chi connectivity index (χ0) is 23.7. The van der Waals surface area contributed by atoms with Crippen LogP contribution >= 0.6 is 0 Å². The molecule has 0 aliphatic heterocycles. The molecule has 3 N–H and O–H groups in total. The van der Waals surface area contributed by atoms with E-state index in [0.29, 0.717) is 28.5 Å². The lowest BCUT2D eigenvalue weighted by atomic mass is 10.0. The summed E-state index contributed by atoms with van der Waals surface area (Å²) in [5.74, 6) is 0.593. The molecule has 0 aliphatic carbocycles. The first-order valence-electron chi connectivity index (χ1n) is 9.73. The normalized spacial score (nSPS) is 11.0. The van der Waals surface area contributed by atoms with Crippen molar-refractivity contribution in [3.8, 4) is 29.2 Å². The Balaban J connectivity index is 2.24. The van der Waals surface area contributed by atoms with Crippen molar-refractivity contribution in [3.63, 3.8) is 0 Å². The summed E-state index contributed by atoms with van der Waals surface area (Å²) in [5, 5.41) is 24.0. The Labute approximate surface area is 186 Å². The van der Waals surface area contributed by atoms with Gasteiger partial charge in [0.15, 0.2) is 17.7 Å². The number of phenols is 1. The molecule has 1 unspecified atom stereocenters. The van der Waals surface area contributed by atoms with Crippen LogP contribution in [0, 0.1) is 11.5 Å². The number of rotatable bonds is 9. The maximum absolute atomic E-state index is 12.8. The molecular weight excluding hydrogens is 416 g/mol. The number of nitrogens with one attached hydrogen (secondary N) is 2. The predicted octanol–water partition coefficient (Wildman–Crippen LogP) is 2.48. The average molecular weight is 442 g/mol. The van der Waals surface area contributed by atoms with E-state index in [-0.39, 0.29) is 18.7 Å². The molecule has 2 aromatic rings. The van der Waals surface area contributed by atoms with Gasteiger partial charge in [0.25, 0.3) is 5.91 Å². The number of likely N-dealkylation sites (N-methyl/N-ethyl adjacent to an activating group) is 1. The summed E-state index contributed by atoms with van der Waals surface area (Å²) in [6, 6.07) is 7.65. The number of hydrogen-bond acceptors (Lipinski definition) is 7. The lowest BCUT2D eigenvalue weighted by Gasteiger charge is -2.22. The number of carbonyl (C=O) groups is 2. The van der Waals surface area contributed by atoms with E-state index in [1.165, 1.54) is 33.5 Å². The van der Waals surface area contributed by atoms with Gasteiger partial charge in [-0.15, -0.1) is 0 Å². The van der Waals surface area contributed by atoms with Gasteiger partial charge in [0.2, 0.25) is 5.75 Å². The highest BCUT2D eigenvalue weighted by Crippen LogP contribution is 2.39. The van der Waals surface area contributed by atoms with Gasteiger partial charge >= 0.3 is 6.03 Å². The van der Waals surface area contributed by atoms with Gasteiger partial charge in [0.1, 0.15) is 11.8 Å². The van der Waals surface area contributed by atoms with Crippen molar-refractivity contribution in [1.82, 2.24) is 10.2 Å². The molecule has 0 aromatic heterocycles. The number of phenolic OH excluding ortho intramolecular Hbond substituents is 1. The molecule has 0 saturated carbocycles. The number of anilines is 1. The highest BCUT2D eigenvalue weighted by Gasteiger charge is 2.26.